The second-order valence-corrected chi connectivity index (χ2v) is 7.53. The number of aromatic nitrogens is 3. The number of nitrogen functional groups attached to an aromatic ring is 1. The van der Waals surface area contributed by atoms with E-state index in [1.54, 1.807) is 32.2 Å². The summed E-state index contributed by atoms with van der Waals surface area (Å²) in [5.74, 6) is 8.70. The molecule has 0 saturated heterocycles. The smallest absolute Gasteiger partial charge is 0.233 e. The molecule has 3 rings (SSSR count). The van der Waals surface area contributed by atoms with Crippen molar-refractivity contribution >= 4 is 17.7 Å². The van der Waals surface area contributed by atoms with Crippen LogP contribution in [0, 0.1) is 0 Å². The number of ether oxygens (including phenoxy) is 3. The van der Waals surface area contributed by atoms with Gasteiger partial charge in [0.25, 0.3) is 0 Å². The monoisotopic (exact) mass is 443 g/mol. The van der Waals surface area contributed by atoms with Crippen molar-refractivity contribution in [2.24, 2.45) is 0 Å². The predicted molar refractivity (Wildman–Crippen MR) is 118 cm³/mol. The molecule has 31 heavy (non-hydrogen) atoms. The first-order valence-electron chi connectivity index (χ1n) is 9.46. The lowest BCUT2D eigenvalue weighted by Gasteiger charge is -2.18. The highest BCUT2D eigenvalue weighted by molar-refractivity contribution is 7.99. The molecule has 2 N–H and O–H groups in total. The molecule has 0 saturated carbocycles. The summed E-state index contributed by atoms with van der Waals surface area (Å²) >= 11 is 1.22. The number of nitrogens with two attached hydrogens (primary N) is 1. The van der Waals surface area contributed by atoms with Crippen LogP contribution in [0.2, 0.25) is 0 Å². The van der Waals surface area contributed by atoms with Gasteiger partial charge in [-0.1, -0.05) is 36.0 Å². The fraction of sp³-hybridized carbons (Fsp3) is 0.286. The van der Waals surface area contributed by atoms with Gasteiger partial charge in [-0.05, 0) is 18.2 Å². The van der Waals surface area contributed by atoms with E-state index in [-0.39, 0.29) is 18.3 Å². The van der Waals surface area contributed by atoms with Gasteiger partial charge in [0.2, 0.25) is 11.1 Å². The van der Waals surface area contributed by atoms with Crippen LogP contribution in [0.4, 0.5) is 0 Å². The zero-order valence-electron chi connectivity index (χ0n) is 17.6. The molecule has 0 fully saturated rings. The zero-order chi connectivity index (χ0) is 22.2. The molecule has 10 heteroatoms. The number of methoxy groups -OCH3 is 2. The van der Waals surface area contributed by atoms with E-state index in [4.69, 9.17) is 20.1 Å². The van der Waals surface area contributed by atoms with Gasteiger partial charge in [0.15, 0.2) is 5.82 Å². The highest BCUT2D eigenvalue weighted by atomic mass is 32.2. The molecule has 0 radical (unpaired) electrons. The van der Waals surface area contributed by atoms with Crippen molar-refractivity contribution in [1.29, 1.82) is 0 Å². The number of rotatable bonds is 10. The fourth-order valence-corrected chi connectivity index (χ4v) is 3.57. The summed E-state index contributed by atoms with van der Waals surface area (Å²) in [6, 6.07) is 14.8. The number of amides is 1. The molecule has 2 aromatic carbocycles. The van der Waals surface area contributed by atoms with Crippen LogP contribution in [0.1, 0.15) is 11.4 Å². The summed E-state index contributed by atoms with van der Waals surface area (Å²) in [5.41, 5.74) is 0.935. The van der Waals surface area contributed by atoms with E-state index in [2.05, 4.69) is 10.2 Å². The molecule has 0 aliphatic carbocycles. The Morgan fingerprint density at radius 3 is 2.65 bits per heavy atom. The van der Waals surface area contributed by atoms with E-state index in [9.17, 15) is 4.79 Å². The molecule has 164 valence electrons. The van der Waals surface area contributed by atoms with Gasteiger partial charge in [0.1, 0.15) is 23.9 Å². The molecule has 0 atom stereocenters. The van der Waals surface area contributed by atoms with E-state index in [0.29, 0.717) is 29.0 Å². The van der Waals surface area contributed by atoms with Crippen LogP contribution in [0.3, 0.4) is 0 Å². The maximum Gasteiger partial charge on any atom is 0.233 e. The van der Waals surface area contributed by atoms with Gasteiger partial charge in [-0.2, -0.15) is 0 Å². The number of carbonyl (C=O) groups excluding carboxylic acids is 1. The van der Waals surface area contributed by atoms with Crippen molar-refractivity contribution in [1.82, 2.24) is 19.8 Å². The number of para-hydroxylation sites is 1. The average molecular weight is 444 g/mol. The molecule has 1 aromatic heterocycles. The fourth-order valence-electron chi connectivity index (χ4n) is 2.76. The van der Waals surface area contributed by atoms with Crippen LogP contribution in [-0.4, -0.2) is 52.7 Å². The minimum absolute atomic E-state index is 0.0620. The third-order valence-electron chi connectivity index (χ3n) is 4.49. The van der Waals surface area contributed by atoms with Crippen molar-refractivity contribution in [2.75, 3.05) is 32.9 Å². The van der Waals surface area contributed by atoms with Crippen LogP contribution < -0.4 is 20.1 Å². The standard InChI is InChI=1S/C21H25N5O4S/c1-25(12-15-7-4-5-10-18(15)29-3)20(27)14-31-21-24-23-19(26(21)22)13-30-17-9-6-8-16(11-17)28-2/h4-11H,12-14,22H2,1-3H3. The van der Waals surface area contributed by atoms with Gasteiger partial charge < -0.3 is 25.0 Å². The van der Waals surface area contributed by atoms with Crippen LogP contribution in [-0.2, 0) is 17.9 Å². The highest BCUT2D eigenvalue weighted by Crippen LogP contribution is 2.22. The van der Waals surface area contributed by atoms with E-state index >= 15 is 0 Å². The maximum atomic E-state index is 12.5. The van der Waals surface area contributed by atoms with Gasteiger partial charge in [0, 0.05) is 25.2 Å². The molecule has 0 bridgehead atoms. The number of benzene rings is 2. The number of hydrogen-bond acceptors (Lipinski definition) is 8. The van der Waals surface area contributed by atoms with Crippen molar-refractivity contribution in [3.63, 3.8) is 0 Å². The summed E-state index contributed by atoms with van der Waals surface area (Å²) < 4.78 is 17.5. The minimum atomic E-state index is -0.0620. The second kappa shape index (κ2) is 10.6. The maximum absolute atomic E-state index is 12.5. The quantitative estimate of drug-likeness (QED) is 0.376. The molecule has 0 spiro atoms. The molecule has 3 aromatic rings. The normalized spacial score (nSPS) is 10.5. The SMILES string of the molecule is COc1cccc(OCc2nnc(SCC(=O)N(C)Cc3ccccc3OC)n2N)c1. The Morgan fingerprint density at radius 1 is 1.10 bits per heavy atom. The first-order valence-corrected chi connectivity index (χ1v) is 10.4. The number of hydrogen-bond donors (Lipinski definition) is 1. The topological polar surface area (TPSA) is 105 Å². The Kier molecular flexibility index (Phi) is 7.60. The number of carbonyl (C=O) groups is 1. The number of thioether (sulfide) groups is 1. The zero-order valence-corrected chi connectivity index (χ0v) is 18.5. The average Bonchev–Trinajstić information content (AvgIpc) is 3.15. The van der Waals surface area contributed by atoms with E-state index in [0.717, 1.165) is 11.3 Å². The predicted octanol–water partition coefficient (Wildman–Crippen LogP) is 2.34. The summed E-state index contributed by atoms with van der Waals surface area (Å²) in [5, 5.41) is 8.55. The summed E-state index contributed by atoms with van der Waals surface area (Å²) in [7, 11) is 4.95. The van der Waals surface area contributed by atoms with Gasteiger partial charge >= 0.3 is 0 Å². The molecule has 0 aliphatic heterocycles. The molecular formula is C21H25N5O4S. The van der Waals surface area contributed by atoms with Crippen LogP contribution >= 0.6 is 11.8 Å². The molecule has 1 heterocycles. The summed E-state index contributed by atoms with van der Waals surface area (Å²) in [6.45, 7) is 0.581. The van der Waals surface area contributed by atoms with Crippen molar-refractivity contribution in [3.8, 4) is 17.2 Å². The Hall–Kier alpha value is -3.40. The van der Waals surface area contributed by atoms with Crippen LogP contribution in [0.25, 0.3) is 0 Å². The number of nitrogens with zero attached hydrogens (tertiary/aromatic N) is 4. The largest absolute Gasteiger partial charge is 0.497 e. The van der Waals surface area contributed by atoms with Gasteiger partial charge in [0.05, 0.1) is 20.0 Å². The lowest BCUT2D eigenvalue weighted by molar-refractivity contribution is -0.127. The summed E-state index contributed by atoms with van der Waals surface area (Å²) in [6.07, 6.45) is 0. The van der Waals surface area contributed by atoms with Gasteiger partial charge in [-0.15, -0.1) is 10.2 Å². The lowest BCUT2D eigenvalue weighted by Crippen LogP contribution is -2.28. The van der Waals surface area contributed by atoms with Gasteiger partial charge in [-0.25, -0.2) is 4.68 Å². The highest BCUT2D eigenvalue weighted by Gasteiger charge is 2.16. The Morgan fingerprint density at radius 2 is 1.87 bits per heavy atom. The van der Waals surface area contributed by atoms with Crippen molar-refractivity contribution in [2.45, 2.75) is 18.3 Å². The molecule has 0 unspecified atom stereocenters. The third-order valence-corrected chi connectivity index (χ3v) is 5.42. The van der Waals surface area contributed by atoms with Crippen LogP contribution in [0.5, 0.6) is 17.2 Å². The molecule has 1 amide bonds. The van der Waals surface area contributed by atoms with Gasteiger partial charge in [-0.3, -0.25) is 4.79 Å². The Bertz CT molecular complexity index is 1030. The Balaban J connectivity index is 1.53. The minimum Gasteiger partial charge on any atom is -0.497 e. The van der Waals surface area contributed by atoms with E-state index in [1.807, 2.05) is 42.5 Å². The first kappa shape index (κ1) is 22.3. The third kappa shape index (κ3) is 5.82. The second-order valence-electron chi connectivity index (χ2n) is 6.59. The summed E-state index contributed by atoms with van der Waals surface area (Å²) in [4.78, 5) is 14.2. The first-order chi connectivity index (χ1) is 15.0. The van der Waals surface area contributed by atoms with Crippen molar-refractivity contribution in [3.05, 3.63) is 59.9 Å². The molecule has 0 aliphatic rings. The van der Waals surface area contributed by atoms with E-state index < -0.39 is 0 Å². The lowest BCUT2D eigenvalue weighted by atomic mass is 10.2. The molecular weight excluding hydrogens is 418 g/mol. The Labute approximate surface area is 185 Å². The molecule has 9 nitrogen and oxygen atoms in total. The van der Waals surface area contributed by atoms with Crippen molar-refractivity contribution < 1.29 is 19.0 Å². The van der Waals surface area contributed by atoms with Crippen LogP contribution in [0.15, 0.2) is 53.7 Å². The van der Waals surface area contributed by atoms with E-state index in [1.165, 1.54) is 16.4 Å².